The Morgan fingerprint density at radius 3 is 2.53 bits per heavy atom. The number of rotatable bonds is 12. The van der Waals surface area contributed by atoms with Gasteiger partial charge in [-0.15, -0.1) is 10.2 Å². The van der Waals surface area contributed by atoms with Gasteiger partial charge in [-0.2, -0.15) is 0 Å². The number of hydrogen-bond donors (Lipinski definition) is 3. The van der Waals surface area contributed by atoms with Gasteiger partial charge in [0.2, 0.25) is 5.82 Å². The molecule has 1 aromatic carbocycles. The SMILES string of the molecule is CCC(CC)c1nnc2ccc(O[C@@H]3C=C[C@](C=O)(NC(=O)Nc4cc(C(C)(C)C)nc(C(=O)NCCN(C)C)n4)c4ccccc43)cn12. The molecule has 1 aliphatic rings. The molecule has 3 N–H and O–H groups in total. The molecule has 0 fully saturated rings. The molecule has 0 spiro atoms. The van der Waals surface area contributed by atoms with E-state index in [4.69, 9.17) is 4.74 Å². The summed E-state index contributed by atoms with van der Waals surface area (Å²) in [6.07, 6.45) is 7.31. The van der Waals surface area contributed by atoms with Gasteiger partial charge in [0.1, 0.15) is 29.0 Å². The normalized spacial score (nSPS) is 17.2. The molecular weight excluding hydrogens is 622 g/mol. The smallest absolute Gasteiger partial charge is 0.321 e. The standard InChI is InChI=1S/C36H45N9O4/c1-8-23(9-2)32-43-42-30-15-14-24(21-45(30)32)49-27-16-17-36(22-46,26-13-11-10-12-25(26)27)41-34(48)40-29-20-28(35(3,4)5)38-31(39-29)33(47)37-18-19-44(6)7/h10-17,20-23,27H,8-9,18-19H2,1-7H3,(H,37,47)(H2,38,39,40,41,48)/t27-,36-/m1/s1. The second kappa shape index (κ2) is 14.5. The van der Waals surface area contributed by atoms with Crippen molar-refractivity contribution < 1.29 is 19.1 Å². The summed E-state index contributed by atoms with van der Waals surface area (Å²) < 4.78 is 8.42. The quantitative estimate of drug-likeness (QED) is 0.141. The molecule has 1 aliphatic carbocycles. The number of fused-ring (bicyclic) bond motifs is 2. The van der Waals surface area contributed by atoms with E-state index in [1.54, 1.807) is 30.4 Å². The molecule has 0 bridgehead atoms. The highest BCUT2D eigenvalue weighted by atomic mass is 16.5. The predicted octanol–water partition coefficient (Wildman–Crippen LogP) is 4.92. The Kier molecular flexibility index (Phi) is 10.4. The average molecular weight is 668 g/mol. The predicted molar refractivity (Wildman–Crippen MR) is 187 cm³/mol. The van der Waals surface area contributed by atoms with Gasteiger partial charge in [-0.1, -0.05) is 58.9 Å². The number of carbonyl (C=O) groups is 3. The van der Waals surface area contributed by atoms with Crippen molar-refractivity contribution in [2.75, 3.05) is 32.5 Å². The minimum absolute atomic E-state index is 0.0637. The zero-order valence-corrected chi connectivity index (χ0v) is 29.2. The summed E-state index contributed by atoms with van der Waals surface area (Å²) in [7, 11) is 3.82. The van der Waals surface area contributed by atoms with Crippen LogP contribution >= 0.6 is 0 Å². The number of nitrogens with zero attached hydrogens (tertiary/aromatic N) is 6. The number of carbonyl (C=O) groups excluding carboxylic acids is 3. The lowest BCUT2D eigenvalue weighted by molar-refractivity contribution is -0.111. The minimum atomic E-state index is -1.49. The summed E-state index contributed by atoms with van der Waals surface area (Å²) in [5.41, 5.74) is 0.658. The number of urea groups is 1. The highest BCUT2D eigenvalue weighted by Gasteiger charge is 2.38. The average Bonchev–Trinajstić information content (AvgIpc) is 3.48. The molecule has 0 radical (unpaired) electrons. The summed E-state index contributed by atoms with van der Waals surface area (Å²) in [6.45, 7) is 11.2. The first-order valence-electron chi connectivity index (χ1n) is 16.6. The summed E-state index contributed by atoms with van der Waals surface area (Å²) in [5.74, 6) is 1.37. The van der Waals surface area contributed by atoms with Crippen molar-refractivity contribution in [3.8, 4) is 5.75 Å². The number of nitrogens with one attached hydrogen (secondary N) is 3. The fraction of sp³-hybridized carbons (Fsp3) is 0.417. The Bertz CT molecular complexity index is 1860. The van der Waals surface area contributed by atoms with Crippen LogP contribution in [0, 0.1) is 0 Å². The zero-order chi connectivity index (χ0) is 35.3. The van der Waals surface area contributed by atoms with Gasteiger partial charge < -0.3 is 20.3 Å². The number of amides is 3. The molecule has 0 saturated carbocycles. The summed E-state index contributed by atoms with van der Waals surface area (Å²) in [6, 6.07) is 12.0. The second-order valence-corrected chi connectivity index (χ2v) is 13.5. The molecule has 3 heterocycles. The van der Waals surface area contributed by atoms with E-state index in [0.29, 0.717) is 36.4 Å². The third-order valence-corrected chi connectivity index (χ3v) is 8.55. The van der Waals surface area contributed by atoms with Gasteiger partial charge in [0.15, 0.2) is 11.9 Å². The minimum Gasteiger partial charge on any atom is -0.480 e. The first-order valence-corrected chi connectivity index (χ1v) is 16.6. The molecule has 2 atom stereocenters. The van der Waals surface area contributed by atoms with Crippen LogP contribution < -0.4 is 20.7 Å². The number of likely N-dealkylation sites (N-methyl/N-ethyl adjacent to an activating group) is 1. The molecule has 0 aliphatic heterocycles. The third kappa shape index (κ3) is 7.78. The van der Waals surface area contributed by atoms with Gasteiger partial charge in [-0.25, -0.2) is 14.8 Å². The Morgan fingerprint density at radius 2 is 1.84 bits per heavy atom. The number of hydrogen-bond acceptors (Lipinski definition) is 9. The highest BCUT2D eigenvalue weighted by Crippen LogP contribution is 2.37. The Labute approximate surface area is 286 Å². The van der Waals surface area contributed by atoms with Crippen molar-refractivity contribution >= 4 is 29.7 Å². The monoisotopic (exact) mass is 667 g/mol. The molecule has 13 nitrogen and oxygen atoms in total. The topological polar surface area (TPSA) is 156 Å². The number of aldehydes is 1. The zero-order valence-electron chi connectivity index (χ0n) is 29.2. The van der Waals surface area contributed by atoms with Crippen molar-refractivity contribution in [3.05, 3.63) is 89.3 Å². The van der Waals surface area contributed by atoms with Crippen molar-refractivity contribution in [1.82, 2.24) is 40.1 Å². The van der Waals surface area contributed by atoms with E-state index in [9.17, 15) is 14.4 Å². The molecule has 49 heavy (non-hydrogen) atoms. The lowest BCUT2D eigenvalue weighted by atomic mass is 9.81. The van der Waals surface area contributed by atoms with E-state index < -0.39 is 29.0 Å². The summed E-state index contributed by atoms with van der Waals surface area (Å²) >= 11 is 0. The van der Waals surface area contributed by atoms with Gasteiger partial charge in [0.25, 0.3) is 5.91 Å². The highest BCUT2D eigenvalue weighted by molar-refractivity contribution is 5.94. The van der Waals surface area contributed by atoms with E-state index in [-0.39, 0.29) is 17.6 Å². The maximum absolute atomic E-state index is 13.5. The van der Waals surface area contributed by atoms with Crippen LogP contribution in [0.3, 0.4) is 0 Å². The van der Waals surface area contributed by atoms with Crippen LogP contribution in [-0.4, -0.2) is 74.9 Å². The molecule has 0 unspecified atom stereocenters. The molecular formula is C36H45N9O4. The van der Waals surface area contributed by atoms with Crippen LogP contribution in [0.2, 0.25) is 0 Å². The van der Waals surface area contributed by atoms with Crippen LogP contribution in [-0.2, 0) is 15.7 Å². The lowest BCUT2D eigenvalue weighted by Gasteiger charge is -2.34. The molecule has 13 heteroatoms. The van der Waals surface area contributed by atoms with E-state index in [1.807, 2.05) is 74.6 Å². The van der Waals surface area contributed by atoms with E-state index >= 15 is 0 Å². The number of anilines is 1. The number of aromatic nitrogens is 5. The van der Waals surface area contributed by atoms with Crippen LogP contribution in [0.4, 0.5) is 10.6 Å². The van der Waals surface area contributed by atoms with Gasteiger partial charge in [0, 0.05) is 36.1 Å². The Hall–Kier alpha value is -5.17. The van der Waals surface area contributed by atoms with Gasteiger partial charge in [-0.05, 0) is 56.8 Å². The van der Waals surface area contributed by atoms with Crippen LogP contribution in [0.25, 0.3) is 5.65 Å². The first kappa shape index (κ1) is 35.1. The maximum atomic E-state index is 13.5. The maximum Gasteiger partial charge on any atom is 0.321 e. The second-order valence-electron chi connectivity index (χ2n) is 13.5. The van der Waals surface area contributed by atoms with Gasteiger partial charge >= 0.3 is 6.03 Å². The Balaban J connectivity index is 1.38. The third-order valence-electron chi connectivity index (χ3n) is 8.55. The van der Waals surface area contributed by atoms with Gasteiger partial charge in [0.05, 0.1) is 11.9 Å². The molecule has 0 saturated heterocycles. The number of ether oxygens (including phenoxy) is 1. The summed E-state index contributed by atoms with van der Waals surface area (Å²) in [5, 5.41) is 17.1. The van der Waals surface area contributed by atoms with Crippen molar-refractivity contribution in [3.63, 3.8) is 0 Å². The van der Waals surface area contributed by atoms with Crippen LogP contribution in [0.15, 0.2) is 60.8 Å². The van der Waals surface area contributed by atoms with Crippen molar-refractivity contribution in [2.45, 2.75) is 70.4 Å². The van der Waals surface area contributed by atoms with Crippen LogP contribution in [0.1, 0.15) is 92.7 Å². The van der Waals surface area contributed by atoms with Crippen molar-refractivity contribution in [2.24, 2.45) is 0 Å². The number of benzene rings is 1. The fourth-order valence-electron chi connectivity index (χ4n) is 5.74. The Morgan fingerprint density at radius 1 is 1.08 bits per heavy atom. The summed E-state index contributed by atoms with van der Waals surface area (Å²) in [4.78, 5) is 50.0. The molecule has 5 rings (SSSR count). The number of pyridine rings is 1. The van der Waals surface area contributed by atoms with E-state index in [1.165, 1.54) is 0 Å². The van der Waals surface area contributed by atoms with E-state index in [0.717, 1.165) is 29.9 Å². The fourth-order valence-corrected chi connectivity index (χ4v) is 5.74. The molecule has 4 aromatic rings. The molecule has 258 valence electrons. The van der Waals surface area contributed by atoms with E-state index in [2.05, 4.69) is 50.0 Å². The van der Waals surface area contributed by atoms with Gasteiger partial charge in [-0.3, -0.25) is 19.3 Å². The molecule has 3 amide bonds. The molecule has 3 aromatic heterocycles. The first-order chi connectivity index (χ1) is 23.4. The van der Waals surface area contributed by atoms with Crippen LogP contribution in [0.5, 0.6) is 5.75 Å². The van der Waals surface area contributed by atoms with Crippen molar-refractivity contribution in [1.29, 1.82) is 0 Å². The largest absolute Gasteiger partial charge is 0.480 e. The lowest BCUT2D eigenvalue weighted by Crippen LogP contribution is -2.49.